The maximum Gasteiger partial charge on any atom is 0.222 e. The number of para-hydroxylation sites is 2. The van der Waals surface area contributed by atoms with Gasteiger partial charge in [-0.2, -0.15) is 0 Å². The van der Waals surface area contributed by atoms with Crippen molar-refractivity contribution in [1.29, 1.82) is 0 Å². The van der Waals surface area contributed by atoms with Gasteiger partial charge in [-0.1, -0.05) is 12.1 Å². The second kappa shape index (κ2) is 7.94. The Hall–Kier alpha value is -2.63. The van der Waals surface area contributed by atoms with Gasteiger partial charge in [-0.25, -0.2) is 9.97 Å². The van der Waals surface area contributed by atoms with Crippen molar-refractivity contribution in [3.63, 3.8) is 0 Å². The van der Waals surface area contributed by atoms with Crippen LogP contribution < -0.4 is 0 Å². The standard InChI is InChI=1S/C21H27N5O/c1-16-22-10-13-25(16)11-5-9-21(27)26-12-4-6-17(15-26)14-20-23-18-7-2-3-8-19(18)24-20/h2-3,7-8,10,13,17H,4-6,9,11-12,14-15H2,1H3,(H,23,24)/t17-/m1/s1. The Morgan fingerprint density at radius 1 is 1.33 bits per heavy atom. The van der Waals surface area contributed by atoms with Gasteiger partial charge in [0.15, 0.2) is 0 Å². The van der Waals surface area contributed by atoms with Crippen LogP contribution in [0.3, 0.4) is 0 Å². The lowest BCUT2D eigenvalue weighted by Crippen LogP contribution is -2.40. The van der Waals surface area contributed by atoms with E-state index in [4.69, 9.17) is 4.98 Å². The first kappa shape index (κ1) is 17.8. The molecule has 1 aromatic carbocycles. The number of piperidine rings is 1. The summed E-state index contributed by atoms with van der Waals surface area (Å²) in [6.07, 6.45) is 8.41. The molecular weight excluding hydrogens is 338 g/mol. The van der Waals surface area contributed by atoms with Crippen molar-refractivity contribution in [1.82, 2.24) is 24.4 Å². The van der Waals surface area contributed by atoms with E-state index >= 15 is 0 Å². The highest BCUT2D eigenvalue weighted by molar-refractivity contribution is 5.76. The quantitative estimate of drug-likeness (QED) is 0.729. The highest BCUT2D eigenvalue weighted by Crippen LogP contribution is 2.22. The number of carbonyl (C=O) groups excluding carboxylic acids is 1. The van der Waals surface area contributed by atoms with Crippen molar-refractivity contribution in [2.45, 2.75) is 45.6 Å². The Kier molecular flexibility index (Phi) is 5.23. The van der Waals surface area contributed by atoms with Crippen LogP contribution in [-0.2, 0) is 17.8 Å². The van der Waals surface area contributed by atoms with Crippen LogP contribution in [0.5, 0.6) is 0 Å². The van der Waals surface area contributed by atoms with E-state index in [1.54, 1.807) is 0 Å². The highest BCUT2D eigenvalue weighted by Gasteiger charge is 2.24. The topological polar surface area (TPSA) is 66.8 Å². The number of imidazole rings is 2. The molecule has 1 fully saturated rings. The molecule has 142 valence electrons. The Labute approximate surface area is 159 Å². The van der Waals surface area contributed by atoms with Gasteiger partial charge < -0.3 is 14.5 Å². The van der Waals surface area contributed by atoms with Gasteiger partial charge in [0.1, 0.15) is 11.6 Å². The van der Waals surface area contributed by atoms with E-state index < -0.39 is 0 Å². The number of benzene rings is 1. The molecule has 0 radical (unpaired) electrons. The molecule has 0 saturated carbocycles. The number of aromatic amines is 1. The zero-order chi connectivity index (χ0) is 18.6. The average molecular weight is 365 g/mol. The normalized spacial score (nSPS) is 17.5. The number of nitrogens with one attached hydrogen (secondary N) is 1. The van der Waals surface area contributed by atoms with E-state index in [0.717, 1.165) is 68.0 Å². The number of aromatic nitrogens is 4. The monoisotopic (exact) mass is 365 g/mol. The van der Waals surface area contributed by atoms with E-state index in [9.17, 15) is 4.79 Å². The maximum atomic E-state index is 12.6. The minimum Gasteiger partial charge on any atom is -0.342 e. The SMILES string of the molecule is Cc1nccn1CCCC(=O)N1CCC[C@H](Cc2nc3ccccc3[nH]2)C1. The molecule has 1 saturated heterocycles. The summed E-state index contributed by atoms with van der Waals surface area (Å²) in [5, 5.41) is 0. The molecule has 4 rings (SSSR count). The Morgan fingerprint density at radius 2 is 2.22 bits per heavy atom. The lowest BCUT2D eigenvalue weighted by molar-refractivity contribution is -0.133. The smallest absolute Gasteiger partial charge is 0.222 e. The van der Waals surface area contributed by atoms with Gasteiger partial charge in [0.2, 0.25) is 5.91 Å². The van der Waals surface area contributed by atoms with Gasteiger partial charge >= 0.3 is 0 Å². The van der Waals surface area contributed by atoms with Crippen LogP contribution in [0, 0.1) is 12.8 Å². The number of carbonyl (C=O) groups is 1. The minimum absolute atomic E-state index is 0.280. The summed E-state index contributed by atoms with van der Waals surface area (Å²) < 4.78 is 2.11. The first-order valence-electron chi connectivity index (χ1n) is 9.88. The molecule has 1 aliphatic rings. The van der Waals surface area contributed by atoms with Crippen molar-refractivity contribution >= 4 is 16.9 Å². The summed E-state index contributed by atoms with van der Waals surface area (Å²) in [4.78, 5) is 27.0. The fourth-order valence-electron chi connectivity index (χ4n) is 4.03. The van der Waals surface area contributed by atoms with Gasteiger partial charge in [0.05, 0.1) is 11.0 Å². The fraction of sp³-hybridized carbons (Fsp3) is 0.476. The number of hydrogen-bond donors (Lipinski definition) is 1. The Balaban J connectivity index is 1.29. The predicted octanol–water partition coefficient (Wildman–Crippen LogP) is 3.33. The number of hydrogen-bond acceptors (Lipinski definition) is 3. The molecule has 0 aliphatic carbocycles. The number of H-pyrrole nitrogens is 1. The van der Waals surface area contributed by atoms with Crippen molar-refractivity contribution < 1.29 is 4.79 Å². The minimum atomic E-state index is 0.280. The first-order chi connectivity index (χ1) is 13.2. The van der Waals surface area contributed by atoms with E-state index in [1.165, 1.54) is 0 Å². The number of amides is 1. The number of aryl methyl sites for hydroxylation is 2. The maximum absolute atomic E-state index is 12.6. The lowest BCUT2D eigenvalue weighted by atomic mass is 9.94. The Bertz CT molecular complexity index is 879. The second-order valence-electron chi connectivity index (χ2n) is 7.52. The molecule has 27 heavy (non-hydrogen) atoms. The largest absolute Gasteiger partial charge is 0.342 e. The van der Waals surface area contributed by atoms with Crippen LogP contribution in [0.2, 0.25) is 0 Å². The molecular formula is C21H27N5O. The average Bonchev–Trinajstić information content (AvgIpc) is 3.27. The summed E-state index contributed by atoms with van der Waals surface area (Å²) >= 11 is 0. The number of likely N-dealkylation sites (tertiary alicyclic amines) is 1. The third-order valence-corrected chi connectivity index (χ3v) is 5.51. The van der Waals surface area contributed by atoms with Gasteiger partial charge in [-0.05, 0) is 44.2 Å². The zero-order valence-corrected chi connectivity index (χ0v) is 15.9. The van der Waals surface area contributed by atoms with Gasteiger partial charge in [-0.15, -0.1) is 0 Å². The summed E-state index contributed by atoms with van der Waals surface area (Å²) in [5.74, 6) is 2.80. The highest BCUT2D eigenvalue weighted by atomic mass is 16.2. The molecule has 1 N–H and O–H groups in total. The molecule has 1 aliphatic heterocycles. The summed E-state index contributed by atoms with van der Waals surface area (Å²) in [6.45, 7) is 4.59. The molecule has 2 aromatic heterocycles. The van der Waals surface area contributed by atoms with E-state index in [-0.39, 0.29) is 5.91 Å². The Morgan fingerprint density at radius 3 is 3.04 bits per heavy atom. The van der Waals surface area contributed by atoms with Crippen LogP contribution >= 0.6 is 0 Å². The van der Waals surface area contributed by atoms with Crippen LogP contribution in [-0.4, -0.2) is 43.4 Å². The van der Waals surface area contributed by atoms with Crippen LogP contribution in [0.4, 0.5) is 0 Å². The van der Waals surface area contributed by atoms with Crippen molar-refractivity contribution in [3.05, 3.63) is 48.3 Å². The molecule has 0 bridgehead atoms. The van der Waals surface area contributed by atoms with Crippen LogP contribution in [0.25, 0.3) is 11.0 Å². The number of rotatable bonds is 6. The van der Waals surface area contributed by atoms with E-state index in [2.05, 4.69) is 25.5 Å². The third kappa shape index (κ3) is 4.21. The number of fused-ring (bicyclic) bond motifs is 1. The number of nitrogens with zero attached hydrogens (tertiary/aromatic N) is 4. The van der Waals surface area contributed by atoms with Gasteiger partial charge in [0, 0.05) is 44.9 Å². The van der Waals surface area contributed by atoms with Gasteiger partial charge in [0.25, 0.3) is 0 Å². The first-order valence-corrected chi connectivity index (χ1v) is 9.88. The fourth-order valence-corrected chi connectivity index (χ4v) is 4.03. The van der Waals surface area contributed by atoms with Crippen molar-refractivity contribution in [2.24, 2.45) is 5.92 Å². The molecule has 1 atom stereocenters. The second-order valence-corrected chi connectivity index (χ2v) is 7.52. The summed E-state index contributed by atoms with van der Waals surface area (Å²) in [6, 6.07) is 8.13. The van der Waals surface area contributed by atoms with Crippen LogP contribution in [0.1, 0.15) is 37.3 Å². The molecule has 6 heteroatoms. The van der Waals surface area contributed by atoms with Crippen molar-refractivity contribution in [3.8, 4) is 0 Å². The lowest BCUT2D eigenvalue weighted by Gasteiger charge is -2.32. The van der Waals surface area contributed by atoms with E-state index in [1.807, 2.05) is 37.5 Å². The molecule has 0 spiro atoms. The zero-order valence-electron chi connectivity index (χ0n) is 15.9. The van der Waals surface area contributed by atoms with Crippen LogP contribution in [0.15, 0.2) is 36.7 Å². The van der Waals surface area contributed by atoms with Crippen molar-refractivity contribution in [2.75, 3.05) is 13.1 Å². The summed E-state index contributed by atoms with van der Waals surface area (Å²) in [7, 11) is 0. The molecule has 0 unspecified atom stereocenters. The molecule has 3 heterocycles. The predicted molar refractivity (Wildman–Crippen MR) is 105 cm³/mol. The molecule has 6 nitrogen and oxygen atoms in total. The van der Waals surface area contributed by atoms with Gasteiger partial charge in [-0.3, -0.25) is 4.79 Å². The van der Waals surface area contributed by atoms with E-state index in [0.29, 0.717) is 12.3 Å². The summed E-state index contributed by atoms with van der Waals surface area (Å²) in [5.41, 5.74) is 2.11. The molecule has 3 aromatic rings. The molecule has 1 amide bonds. The third-order valence-electron chi connectivity index (χ3n) is 5.51.